The maximum atomic E-state index is 12.1. The number of benzene rings is 1. The highest BCUT2D eigenvalue weighted by molar-refractivity contribution is 7.99. The number of rotatable bonds is 8. The lowest BCUT2D eigenvalue weighted by molar-refractivity contribution is -0.113. The second kappa shape index (κ2) is 9.15. The lowest BCUT2D eigenvalue weighted by atomic mass is 10.1. The monoisotopic (exact) mass is 368 g/mol. The molecule has 0 spiro atoms. The SMILES string of the molecule is CCCCc1ccc(NC(=O)CSc2nnc(-c3cccnc3)o2)cc1. The molecule has 0 aliphatic carbocycles. The molecule has 0 atom stereocenters. The predicted octanol–water partition coefficient (Wildman–Crippen LogP) is 4.21. The smallest absolute Gasteiger partial charge is 0.277 e. The van der Waals surface area contributed by atoms with Gasteiger partial charge >= 0.3 is 0 Å². The quantitative estimate of drug-likeness (QED) is 0.600. The maximum Gasteiger partial charge on any atom is 0.277 e. The number of pyridine rings is 1. The molecule has 1 amide bonds. The van der Waals surface area contributed by atoms with E-state index in [1.54, 1.807) is 18.5 Å². The van der Waals surface area contributed by atoms with Gasteiger partial charge in [0.05, 0.1) is 11.3 Å². The van der Waals surface area contributed by atoms with E-state index in [9.17, 15) is 4.79 Å². The first kappa shape index (κ1) is 18.1. The zero-order valence-electron chi connectivity index (χ0n) is 14.5. The van der Waals surface area contributed by atoms with Crippen LogP contribution in [0.15, 0.2) is 58.4 Å². The van der Waals surface area contributed by atoms with Gasteiger partial charge in [-0.3, -0.25) is 9.78 Å². The third-order valence-electron chi connectivity index (χ3n) is 3.70. The van der Waals surface area contributed by atoms with Crippen molar-refractivity contribution < 1.29 is 9.21 Å². The van der Waals surface area contributed by atoms with E-state index < -0.39 is 0 Å². The van der Waals surface area contributed by atoms with E-state index in [1.165, 1.54) is 30.2 Å². The van der Waals surface area contributed by atoms with Gasteiger partial charge in [-0.25, -0.2) is 0 Å². The van der Waals surface area contributed by atoms with Crippen LogP contribution in [0.1, 0.15) is 25.3 Å². The van der Waals surface area contributed by atoms with Gasteiger partial charge in [-0.2, -0.15) is 0 Å². The Balaban J connectivity index is 1.49. The van der Waals surface area contributed by atoms with Crippen LogP contribution in [0, 0.1) is 0 Å². The fourth-order valence-electron chi connectivity index (χ4n) is 2.33. The zero-order chi connectivity index (χ0) is 18.2. The van der Waals surface area contributed by atoms with E-state index >= 15 is 0 Å². The van der Waals surface area contributed by atoms with Crippen molar-refractivity contribution in [3.8, 4) is 11.5 Å². The minimum atomic E-state index is -0.113. The topological polar surface area (TPSA) is 80.9 Å². The summed E-state index contributed by atoms with van der Waals surface area (Å²) in [7, 11) is 0. The molecule has 2 heterocycles. The Morgan fingerprint density at radius 2 is 2.04 bits per heavy atom. The molecule has 1 N–H and O–H groups in total. The second-order valence-electron chi connectivity index (χ2n) is 5.75. The Morgan fingerprint density at radius 3 is 2.77 bits per heavy atom. The van der Waals surface area contributed by atoms with Crippen molar-refractivity contribution in [1.29, 1.82) is 0 Å². The minimum Gasteiger partial charge on any atom is -0.411 e. The number of aryl methyl sites for hydroxylation is 1. The number of anilines is 1. The molecule has 0 bridgehead atoms. The molecule has 7 heteroatoms. The molecule has 3 aromatic rings. The van der Waals surface area contributed by atoms with E-state index in [1.807, 2.05) is 18.2 Å². The first-order valence-electron chi connectivity index (χ1n) is 8.50. The average molecular weight is 368 g/mol. The number of nitrogens with one attached hydrogen (secondary N) is 1. The molecule has 0 fully saturated rings. The standard InChI is InChI=1S/C19H20N4O2S/c1-2-3-5-14-7-9-16(10-8-14)21-17(24)13-26-19-23-22-18(25-19)15-6-4-11-20-12-15/h4,6-12H,2-3,5,13H2,1H3,(H,21,24). The summed E-state index contributed by atoms with van der Waals surface area (Å²) in [6, 6.07) is 11.6. The largest absolute Gasteiger partial charge is 0.411 e. The number of hydrogen-bond acceptors (Lipinski definition) is 6. The summed E-state index contributed by atoms with van der Waals surface area (Å²) in [5, 5.41) is 11.2. The Morgan fingerprint density at radius 1 is 1.19 bits per heavy atom. The number of unbranched alkanes of at least 4 members (excludes halogenated alkanes) is 1. The fraction of sp³-hybridized carbons (Fsp3) is 0.263. The molecule has 2 aromatic heterocycles. The number of hydrogen-bond donors (Lipinski definition) is 1. The van der Waals surface area contributed by atoms with Gasteiger partial charge in [-0.1, -0.05) is 37.2 Å². The average Bonchev–Trinajstić information content (AvgIpc) is 3.16. The minimum absolute atomic E-state index is 0.113. The summed E-state index contributed by atoms with van der Waals surface area (Å²) in [4.78, 5) is 16.1. The summed E-state index contributed by atoms with van der Waals surface area (Å²) in [6.45, 7) is 2.18. The lowest BCUT2D eigenvalue weighted by Gasteiger charge is -2.05. The molecule has 0 saturated carbocycles. The lowest BCUT2D eigenvalue weighted by Crippen LogP contribution is -2.13. The van der Waals surface area contributed by atoms with Crippen LogP contribution >= 0.6 is 11.8 Å². The molecule has 134 valence electrons. The maximum absolute atomic E-state index is 12.1. The summed E-state index contributed by atoms with van der Waals surface area (Å²) in [5.74, 6) is 0.479. The number of nitrogens with zero attached hydrogens (tertiary/aromatic N) is 3. The molecular weight excluding hydrogens is 348 g/mol. The van der Waals surface area contributed by atoms with Crippen LogP contribution in [0.3, 0.4) is 0 Å². The third kappa shape index (κ3) is 5.16. The Bertz CT molecular complexity index is 834. The van der Waals surface area contributed by atoms with Crippen molar-refractivity contribution in [2.45, 2.75) is 31.4 Å². The van der Waals surface area contributed by atoms with Gasteiger partial charge in [0.25, 0.3) is 5.22 Å². The third-order valence-corrected chi connectivity index (χ3v) is 4.52. The molecule has 3 rings (SSSR count). The molecular formula is C19H20N4O2S. The van der Waals surface area contributed by atoms with Crippen molar-refractivity contribution in [3.05, 3.63) is 54.4 Å². The van der Waals surface area contributed by atoms with Crippen LogP contribution < -0.4 is 5.32 Å². The highest BCUT2D eigenvalue weighted by Gasteiger charge is 2.11. The summed E-state index contributed by atoms with van der Waals surface area (Å²) < 4.78 is 5.54. The highest BCUT2D eigenvalue weighted by atomic mass is 32.2. The molecule has 0 aliphatic rings. The van der Waals surface area contributed by atoms with Gasteiger partial charge in [0.15, 0.2) is 0 Å². The van der Waals surface area contributed by atoms with E-state index in [0.29, 0.717) is 11.1 Å². The van der Waals surface area contributed by atoms with Crippen LogP contribution in [-0.2, 0) is 11.2 Å². The second-order valence-corrected chi connectivity index (χ2v) is 6.68. The van der Waals surface area contributed by atoms with Crippen LogP contribution in [0.5, 0.6) is 0 Å². The van der Waals surface area contributed by atoms with Crippen molar-refractivity contribution in [3.63, 3.8) is 0 Å². The van der Waals surface area contributed by atoms with Gasteiger partial charge in [0.2, 0.25) is 11.8 Å². The van der Waals surface area contributed by atoms with Crippen molar-refractivity contribution >= 4 is 23.4 Å². The number of carbonyl (C=O) groups excluding carboxylic acids is 1. The van der Waals surface area contributed by atoms with E-state index in [-0.39, 0.29) is 11.7 Å². The number of thioether (sulfide) groups is 1. The Hall–Kier alpha value is -2.67. The van der Waals surface area contributed by atoms with E-state index in [2.05, 4.69) is 39.6 Å². The molecule has 0 unspecified atom stereocenters. The van der Waals surface area contributed by atoms with Crippen LogP contribution in [0.2, 0.25) is 0 Å². The van der Waals surface area contributed by atoms with Crippen LogP contribution in [-0.4, -0.2) is 26.8 Å². The summed E-state index contributed by atoms with van der Waals surface area (Å²) >= 11 is 1.20. The first-order valence-corrected chi connectivity index (χ1v) is 9.48. The molecule has 6 nitrogen and oxygen atoms in total. The van der Waals surface area contributed by atoms with Crippen LogP contribution in [0.4, 0.5) is 5.69 Å². The zero-order valence-corrected chi connectivity index (χ0v) is 15.3. The van der Waals surface area contributed by atoms with Crippen molar-refractivity contribution in [1.82, 2.24) is 15.2 Å². The van der Waals surface area contributed by atoms with Gasteiger partial charge in [-0.05, 0) is 42.7 Å². The number of amides is 1. The predicted molar refractivity (Wildman–Crippen MR) is 102 cm³/mol. The van der Waals surface area contributed by atoms with Crippen molar-refractivity contribution in [2.24, 2.45) is 0 Å². The number of aromatic nitrogens is 3. The van der Waals surface area contributed by atoms with Gasteiger partial charge in [-0.15, -0.1) is 10.2 Å². The number of carbonyl (C=O) groups is 1. The van der Waals surface area contributed by atoms with Crippen molar-refractivity contribution in [2.75, 3.05) is 11.1 Å². The van der Waals surface area contributed by atoms with Gasteiger partial charge in [0.1, 0.15) is 0 Å². The van der Waals surface area contributed by atoms with Gasteiger partial charge < -0.3 is 9.73 Å². The normalized spacial score (nSPS) is 10.7. The Kier molecular flexibility index (Phi) is 6.38. The first-order chi connectivity index (χ1) is 12.7. The summed E-state index contributed by atoms with van der Waals surface area (Å²) in [6.07, 6.45) is 6.74. The molecule has 26 heavy (non-hydrogen) atoms. The van der Waals surface area contributed by atoms with E-state index in [4.69, 9.17) is 4.42 Å². The summed E-state index contributed by atoms with van der Waals surface area (Å²) in [5.41, 5.74) is 2.82. The molecule has 0 saturated heterocycles. The fourth-order valence-corrected chi connectivity index (χ4v) is 2.90. The highest BCUT2D eigenvalue weighted by Crippen LogP contribution is 2.22. The van der Waals surface area contributed by atoms with Crippen LogP contribution in [0.25, 0.3) is 11.5 Å². The molecule has 1 aromatic carbocycles. The molecule has 0 aliphatic heterocycles. The van der Waals surface area contributed by atoms with E-state index in [0.717, 1.165) is 17.7 Å². The molecule has 0 radical (unpaired) electrons. The Labute approximate surface area is 156 Å². The van der Waals surface area contributed by atoms with Gasteiger partial charge in [0, 0.05) is 18.1 Å².